The predicted molar refractivity (Wildman–Crippen MR) is 107 cm³/mol. The molecule has 0 aliphatic heterocycles. The molecule has 3 N–H and O–H groups in total. The van der Waals surface area contributed by atoms with Crippen molar-refractivity contribution in [3.8, 4) is 5.75 Å². The molecule has 2 rings (SSSR count). The summed E-state index contributed by atoms with van der Waals surface area (Å²) in [6.07, 6.45) is 0.816. The van der Waals surface area contributed by atoms with Crippen LogP contribution in [0.1, 0.15) is 24.9 Å². The van der Waals surface area contributed by atoms with Crippen molar-refractivity contribution in [2.75, 3.05) is 25.6 Å². The summed E-state index contributed by atoms with van der Waals surface area (Å²) in [5.41, 5.74) is 7.86. The molecule has 0 radical (unpaired) electrons. The first kappa shape index (κ1) is 22.0. The smallest absolute Gasteiger partial charge is 0.229 e. The van der Waals surface area contributed by atoms with Gasteiger partial charge in [-0.25, -0.2) is 0 Å². The Balaban J connectivity index is 0.00000338. The van der Waals surface area contributed by atoms with Gasteiger partial charge in [0, 0.05) is 37.9 Å². The molecular formula is C20H27ClN2O3. The summed E-state index contributed by atoms with van der Waals surface area (Å²) in [7, 11) is 1.66. The highest BCUT2D eigenvalue weighted by Gasteiger charge is 2.22. The van der Waals surface area contributed by atoms with Crippen LogP contribution >= 0.6 is 12.4 Å². The number of benzene rings is 2. The van der Waals surface area contributed by atoms with E-state index in [1.54, 1.807) is 7.11 Å². The third-order valence-corrected chi connectivity index (χ3v) is 4.00. The average Bonchev–Trinajstić information content (AvgIpc) is 2.65. The Labute approximate surface area is 161 Å². The highest BCUT2D eigenvalue weighted by molar-refractivity contribution is 5.93. The lowest BCUT2D eigenvalue weighted by atomic mass is 9.94. The molecule has 2 aromatic carbocycles. The van der Waals surface area contributed by atoms with Gasteiger partial charge < -0.3 is 20.5 Å². The van der Waals surface area contributed by atoms with Crippen LogP contribution in [-0.4, -0.2) is 26.2 Å². The number of amides is 1. The molecule has 0 bridgehead atoms. The lowest BCUT2D eigenvalue weighted by Crippen LogP contribution is -2.30. The van der Waals surface area contributed by atoms with Gasteiger partial charge in [-0.15, -0.1) is 12.4 Å². The Kier molecular flexibility index (Phi) is 9.73. The number of hydrogen-bond acceptors (Lipinski definition) is 4. The molecule has 5 nitrogen and oxygen atoms in total. The fourth-order valence-electron chi connectivity index (χ4n) is 2.44. The maximum Gasteiger partial charge on any atom is 0.229 e. The summed E-state index contributed by atoms with van der Waals surface area (Å²) in [6.45, 7) is 3.06. The molecule has 2 unspecified atom stereocenters. The number of halogens is 1. The molecule has 0 aromatic heterocycles. The van der Waals surface area contributed by atoms with E-state index in [1.165, 1.54) is 0 Å². The Morgan fingerprint density at radius 3 is 2.54 bits per heavy atom. The van der Waals surface area contributed by atoms with Gasteiger partial charge in [-0.2, -0.15) is 0 Å². The van der Waals surface area contributed by atoms with Gasteiger partial charge in [0.2, 0.25) is 5.91 Å². The summed E-state index contributed by atoms with van der Waals surface area (Å²) >= 11 is 0. The predicted octanol–water partition coefficient (Wildman–Crippen LogP) is 3.80. The molecule has 6 heteroatoms. The van der Waals surface area contributed by atoms with Crippen molar-refractivity contribution < 1.29 is 14.3 Å². The quantitative estimate of drug-likeness (QED) is 0.651. The Bertz CT molecular complexity index is 667. The minimum atomic E-state index is -0.353. The molecule has 0 aliphatic rings. The van der Waals surface area contributed by atoms with Crippen molar-refractivity contribution >= 4 is 24.0 Å². The zero-order chi connectivity index (χ0) is 18.1. The Morgan fingerprint density at radius 2 is 1.85 bits per heavy atom. The number of methoxy groups -OCH3 is 1. The van der Waals surface area contributed by atoms with Crippen molar-refractivity contribution in [1.29, 1.82) is 0 Å². The highest BCUT2D eigenvalue weighted by atomic mass is 35.5. The molecule has 0 heterocycles. The minimum Gasteiger partial charge on any atom is -0.493 e. The first-order valence-corrected chi connectivity index (χ1v) is 8.45. The second-order valence-electron chi connectivity index (χ2n) is 5.94. The van der Waals surface area contributed by atoms with Gasteiger partial charge in [-0.1, -0.05) is 43.3 Å². The summed E-state index contributed by atoms with van der Waals surface area (Å²) < 4.78 is 10.6. The summed E-state index contributed by atoms with van der Waals surface area (Å²) in [4.78, 5) is 12.5. The van der Waals surface area contributed by atoms with Crippen LogP contribution in [0.3, 0.4) is 0 Å². The number of nitrogens with two attached hydrogens (primary N) is 1. The summed E-state index contributed by atoms with van der Waals surface area (Å²) in [6, 6.07) is 16.6. The summed E-state index contributed by atoms with van der Waals surface area (Å²) in [5.74, 6) is 0.246. The van der Waals surface area contributed by atoms with Crippen LogP contribution < -0.4 is 15.8 Å². The first-order valence-electron chi connectivity index (χ1n) is 8.45. The maximum atomic E-state index is 12.5. The molecule has 0 saturated heterocycles. The van der Waals surface area contributed by atoms with Gasteiger partial charge in [0.05, 0.1) is 12.5 Å². The number of rotatable bonds is 9. The molecule has 1 amide bonds. The van der Waals surface area contributed by atoms with Crippen LogP contribution in [0.4, 0.5) is 5.69 Å². The van der Waals surface area contributed by atoms with Crippen molar-refractivity contribution in [2.45, 2.75) is 19.4 Å². The molecule has 0 spiro atoms. The van der Waals surface area contributed by atoms with Gasteiger partial charge in [-0.3, -0.25) is 4.79 Å². The van der Waals surface area contributed by atoms with Crippen molar-refractivity contribution in [3.05, 3.63) is 60.2 Å². The van der Waals surface area contributed by atoms with Crippen LogP contribution in [0.25, 0.3) is 0 Å². The van der Waals surface area contributed by atoms with Crippen LogP contribution in [0.2, 0.25) is 0 Å². The molecular weight excluding hydrogens is 352 g/mol. The van der Waals surface area contributed by atoms with E-state index >= 15 is 0 Å². The summed E-state index contributed by atoms with van der Waals surface area (Å²) in [5, 5.41) is 2.91. The maximum absolute atomic E-state index is 12.5. The van der Waals surface area contributed by atoms with E-state index in [9.17, 15) is 4.79 Å². The SMILES string of the molecule is COCCCOc1cccc(NC(=O)C(C)C(N)c2ccccc2)c1.Cl. The highest BCUT2D eigenvalue weighted by Crippen LogP contribution is 2.22. The van der Waals surface area contributed by atoms with E-state index in [0.29, 0.717) is 24.7 Å². The number of nitrogens with one attached hydrogen (secondary N) is 1. The van der Waals surface area contributed by atoms with Crippen LogP contribution in [0.15, 0.2) is 54.6 Å². The standard InChI is InChI=1S/C20H26N2O3.ClH/c1-15(19(21)16-8-4-3-5-9-16)20(23)22-17-10-6-11-18(14-17)25-13-7-12-24-2;/h3-6,8-11,14-15,19H,7,12-13,21H2,1-2H3,(H,22,23);1H. The van der Waals surface area contributed by atoms with E-state index in [4.69, 9.17) is 15.2 Å². The van der Waals surface area contributed by atoms with Crippen molar-refractivity contribution in [1.82, 2.24) is 0 Å². The van der Waals surface area contributed by atoms with Crippen molar-refractivity contribution in [3.63, 3.8) is 0 Å². The molecule has 26 heavy (non-hydrogen) atoms. The number of ether oxygens (including phenoxy) is 2. The number of carbonyl (C=O) groups excluding carboxylic acids is 1. The normalized spacial score (nSPS) is 12.6. The average molecular weight is 379 g/mol. The van der Waals surface area contributed by atoms with Crippen molar-refractivity contribution in [2.24, 2.45) is 11.7 Å². The van der Waals surface area contributed by atoms with Gasteiger partial charge in [0.15, 0.2) is 0 Å². The molecule has 0 aliphatic carbocycles. The fourth-order valence-corrected chi connectivity index (χ4v) is 2.44. The zero-order valence-electron chi connectivity index (χ0n) is 15.2. The second kappa shape index (κ2) is 11.5. The van der Waals surface area contributed by atoms with E-state index < -0.39 is 0 Å². The van der Waals surface area contributed by atoms with Crippen LogP contribution in [0, 0.1) is 5.92 Å². The number of anilines is 1. The van der Waals surface area contributed by atoms with Gasteiger partial charge in [-0.05, 0) is 17.7 Å². The third-order valence-electron chi connectivity index (χ3n) is 4.00. The zero-order valence-corrected chi connectivity index (χ0v) is 16.0. The van der Waals surface area contributed by atoms with E-state index in [0.717, 1.165) is 12.0 Å². The van der Waals surface area contributed by atoms with E-state index in [-0.39, 0.29) is 30.3 Å². The molecule has 142 valence electrons. The number of carbonyl (C=O) groups is 1. The fraction of sp³-hybridized carbons (Fsp3) is 0.350. The minimum absolute atomic E-state index is 0. The molecule has 0 saturated carbocycles. The second-order valence-corrected chi connectivity index (χ2v) is 5.94. The largest absolute Gasteiger partial charge is 0.493 e. The van der Waals surface area contributed by atoms with Gasteiger partial charge in [0.25, 0.3) is 0 Å². The lowest BCUT2D eigenvalue weighted by Gasteiger charge is -2.20. The topological polar surface area (TPSA) is 73.6 Å². The molecule has 2 atom stereocenters. The first-order chi connectivity index (χ1) is 12.1. The third kappa shape index (κ3) is 6.67. The van der Waals surface area contributed by atoms with Gasteiger partial charge in [0.1, 0.15) is 5.75 Å². The molecule has 2 aromatic rings. The lowest BCUT2D eigenvalue weighted by molar-refractivity contribution is -0.120. The Morgan fingerprint density at radius 1 is 1.12 bits per heavy atom. The Hall–Kier alpha value is -2.08. The van der Waals surface area contributed by atoms with Crippen LogP contribution in [0.5, 0.6) is 5.75 Å². The number of hydrogen-bond donors (Lipinski definition) is 2. The van der Waals surface area contributed by atoms with Gasteiger partial charge >= 0.3 is 0 Å². The van der Waals surface area contributed by atoms with E-state index in [1.807, 2.05) is 61.5 Å². The van der Waals surface area contributed by atoms with Crippen LogP contribution in [-0.2, 0) is 9.53 Å². The molecule has 0 fully saturated rings. The monoisotopic (exact) mass is 378 g/mol. The van der Waals surface area contributed by atoms with E-state index in [2.05, 4.69) is 5.32 Å².